The lowest BCUT2D eigenvalue weighted by Crippen LogP contribution is -2.41. The summed E-state index contributed by atoms with van der Waals surface area (Å²) in [4.78, 5) is 55.5. The molecule has 3 aromatic heterocycles. The molecule has 4 heterocycles. The van der Waals surface area contributed by atoms with Crippen LogP contribution in [0.1, 0.15) is 128 Å². The van der Waals surface area contributed by atoms with Crippen LogP contribution >= 0.6 is 11.8 Å². The summed E-state index contributed by atoms with van der Waals surface area (Å²) in [6, 6.07) is 25.3. The Kier molecular flexibility index (Phi) is 15.9. The summed E-state index contributed by atoms with van der Waals surface area (Å²) in [7, 11) is 0. The molecule has 336 valence electrons. The number of carbonyl (C=O) groups is 3. The van der Waals surface area contributed by atoms with E-state index in [1.165, 1.54) is 67.7 Å². The Hall–Kier alpha value is -5.97. The molecule has 0 saturated carbocycles. The zero-order valence-corrected chi connectivity index (χ0v) is 37.3. The second-order valence-electron chi connectivity index (χ2n) is 16.3. The summed E-state index contributed by atoms with van der Waals surface area (Å²) in [6.45, 7) is 5.09. The first-order valence-corrected chi connectivity index (χ1v) is 23.0. The van der Waals surface area contributed by atoms with E-state index < -0.39 is 48.0 Å². The number of hydrogen-bond donors (Lipinski definition) is 1. The lowest BCUT2D eigenvalue weighted by atomic mass is 10.1. The Balaban J connectivity index is 1.22. The third-order valence-corrected chi connectivity index (χ3v) is 11.9. The predicted molar refractivity (Wildman–Crippen MR) is 240 cm³/mol. The summed E-state index contributed by atoms with van der Waals surface area (Å²) in [5.41, 5.74) is 0.618. The maximum Gasteiger partial charge on any atom is 0.338 e. The predicted octanol–water partition coefficient (Wildman–Crippen LogP) is 8.85. The van der Waals surface area contributed by atoms with Crippen molar-refractivity contribution in [1.82, 2.24) is 34.5 Å². The van der Waals surface area contributed by atoms with Crippen molar-refractivity contribution in [1.29, 1.82) is 0 Å². The highest BCUT2D eigenvalue weighted by Gasteiger charge is 2.52. The third-order valence-electron chi connectivity index (χ3n) is 10.9. The van der Waals surface area contributed by atoms with Gasteiger partial charge in [0.15, 0.2) is 24.1 Å². The SMILES string of the molecule is CCCCCCCCCCCCSc1nc(-n2cc(C(C)(C)O)nn2)nc2c1ncn2[C@@H]1O[C@H](COC(=O)c2ccccc2)[C@@H](OC(=O)c2ccccc2)[C@@H]1OC(=O)c1ccccc1. The zero-order chi connectivity index (χ0) is 44.9. The highest BCUT2D eigenvalue weighted by Crippen LogP contribution is 2.38. The average molecular weight is 890 g/mol. The van der Waals surface area contributed by atoms with E-state index in [1.807, 2.05) is 0 Å². The van der Waals surface area contributed by atoms with Gasteiger partial charge in [0.2, 0.25) is 0 Å². The minimum Gasteiger partial charge on any atom is -0.459 e. The van der Waals surface area contributed by atoms with Crippen molar-refractivity contribution in [3.05, 3.63) is 126 Å². The molecule has 1 N–H and O–H groups in total. The minimum absolute atomic E-state index is 0.152. The Labute approximate surface area is 376 Å². The number of aliphatic hydroxyl groups is 1. The molecule has 3 aromatic carbocycles. The highest BCUT2D eigenvalue weighted by molar-refractivity contribution is 7.99. The molecule has 0 spiro atoms. The van der Waals surface area contributed by atoms with Gasteiger partial charge in [0.1, 0.15) is 34.5 Å². The summed E-state index contributed by atoms with van der Waals surface area (Å²) in [5.74, 6) is -1.10. The van der Waals surface area contributed by atoms with Gasteiger partial charge >= 0.3 is 17.9 Å². The maximum atomic E-state index is 13.9. The number of carbonyl (C=O) groups excluding carboxylic acids is 3. The minimum atomic E-state index is -1.30. The van der Waals surface area contributed by atoms with E-state index >= 15 is 0 Å². The second-order valence-corrected chi connectivity index (χ2v) is 17.4. The van der Waals surface area contributed by atoms with Gasteiger partial charge in [-0.05, 0) is 62.4 Å². The molecule has 0 radical (unpaired) electrons. The highest BCUT2D eigenvalue weighted by atomic mass is 32.2. The van der Waals surface area contributed by atoms with Gasteiger partial charge < -0.3 is 24.1 Å². The first-order valence-electron chi connectivity index (χ1n) is 22.0. The molecule has 4 atom stereocenters. The number of esters is 3. The molecule has 1 saturated heterocycles. The van der Waals surface area contributed by atoms with E-state index in [9.17, 15) is 19.5 Å². The number of ether oxygens (including phenoxy) is 4. The summed E-state index contributed by atoms with van der Waals surface area (Å²) in [5, 5.41) is 19.7. The molecular weight excluding hydrogens is 835 g/mol. The molecule has 1 fully saturated rings. The summed E-state index contributed by atoms with van der Waals surface area (Å²) in [6.07, 6.45) is 10.3. The number of benzene rings is 3. The van der Waals surface area contributed by atoms with Crippen LogP contribution in [0.5, 0.6) is 0 Å². The van der Waals surface area contributed by atoms with Crippen molar-refractivity contribution in [3.63, 3.8) is 0 Å². The maximum absolute atomic E-state index is 13.9. The van der Waals surface area contributed by atoms with Crippen LogP contribution < -0.4 is 0 Å². The molecule has 6 aromatic rings. The van der Waals surface area contributed by atoms with Gasteiger partial charge in [0, 0.05) is 0 Å². The Morgan fingerprint density at radius 3 is 1.84 bits per heavy atom. The van der Waals surface area contributed by atoms with E-state index in [0.29, 0.717) is 27.4 Å². The topological polar surface area (TPSA) is 183 Å². The van der Waals surface area contributed by atoms with Crippen molar-refractivity contribution in [3.8, 4) is 5.95 Å². The number of aromatic nitrogens is 7. The molecule has 1 aliphatic rings. The molecule has 7 rings (SSSR count). The molecule has 0 aliphatic carbocycles. The number of imidazole rings is 1. The summed E-state index contributed by atoms with van der Waals surface area (Å²) >= 11 is 1.54. The molecule has 15 nitrogen and oxygen atoms in total. The lowest BCUT2D eigenvalue weighted by Gasteiger charge is -2.25. The van der Waals surface area contributed by atoms with Crippen LogP contribution in [0.4, 0.5) is 0 Å². The Morgan fingerprint density at radius 1 is 0.734 bits per heavy atom. The van der Waals surface area contributed by atoms with E-state index in [0.717, 1.165) is 25.0 Å². The van der Waals surface area contributed by atoms with Crippen molar-refractivity contribution in [2.24, 2.45) is 0 Å². The second kappa shape index (κ2) is 22.1. The number of rotatable bonds is 22. The molecule has 1 aliphatic heterocycles. The quantitative estimate of drug-likeness (QED) is 0.0224. The third kappa shape index (κ3) is 11.8. The van der Waals surface area contributed by atoms with Gasteiger partial charge in [0.05, 0.1) is 29.2 Å². The van der Waals surface area contributed by atoms with Crippen molar-refractivity contribution in [2.75, 3.05) is 12.4 Å². The fourth-order valence-electron chi connectivity index (χ4n) is 7.35. The van der Waals surface area contributed by atoms with Gasteiger partial charge in [-0.3, -0.25) is 4.57 Å². The monoisotopic (exact) mass is 889 g/mol. The van der Waals surface area contributed by atoms with Crippen LogP contribution in [0.15, 0.2) is 109 Å². The number of hydrogen-bond acceptors (Lipinski definition) is 14. The molecule has 16 heteroatoms. The fraction of sp³-hybridized carbons (Fsp3) is 0.417. The van der Waals surface area contributed by atoms with Gasteiger partial charge in [-0.15, -0.1) is 16.9 Å². The van der Waals surface area contributed by atoms with Crippen LogP contribution in [0.2, 0.25) is 0 Å². The van der Waals surface area contributed by atoms with E-state index in [2.05, 4.69) is 17.2 Å². The van der Waals surface area contributed by atoms with Crippen LogP contribution in [0.3, 0.4) is 0 Å². The zero-order valence-electron chi connectivity index (χ0n) is 36.5. The van der Waals surface area contributed by atoms with Gasteiger partial charge in [-0.25, -0.2) is 24.4 Å². The number of thioether (sulfide) groups is 1. The van der Waals surface area contributed by atoms with Crippen LogP contribution in [0.25, 0.3) is 17.1 Å². The van der Waals surface area contributed by atoms with Gasteiger partial charge in [0.25, 0.3) is 5.95 Å². The largest absolute Gasteiger partial charge is 0.459 e. The molecular formula is C48H55N7O8S. The molecule has 0 amide bonds. The summed E-state index contributed by atoms with van der Waals surface area (Å²) < 4.78 is 27.8. The fourth-order valence-corrected chi connectivity index (χ4v) is 8.32. The van der Waals surface area contributed by atoms with Gasteiger partial charge in [-0.1, -0.05) is 125 Å². The van der Waals surface area contributed by atoms with Crippen LogP contribution in [-0.4, -0.2) is 88.2 Å². The average Bonchev–Trinajstić information content (AvgIpc) is 4.06. The van der Waals surface area contributed by atoms with E-state index in [4.69, 9.17) is 33.9 Å². The number of unbranched alkanes of at least 4 members (excludes halogenated alkanes) is 9. The first-order chi connectivity index (χ1) is 31.1. The first kappa shape index (κ1) is 46.0. The molecule has 0 unspecified atom stereocenters. The number of nitrogens with zero attached hydrogens (tertiary/aromatic N) is 7. The molecule has 64 heavy (non-hydrogen) atoms. The Morgan fingerprint density at radius 2 is 1.28 bits per heavy atom. The van der Waals surface area contributed by atoms with Crippen LogP contribution in [-0.2, 0) is 24.5 Å². The van der Waals surface area contributed by atoms with Gasteiger partial charge in [-0.2, -0.15) is 9.67 Å². The Bertz CT molecular complexity index is 2440. The number of fused-ring (bicyclic) bond motifs is 1. The van der Waals surface area contributed by atoms with Crippen molar-refractivity contribution < 1.29 is 38.4 Å². The standard InChI is InChI=1S/C48H55N7O8S/c1-4-5-6-7-8-9-10-11-12-22-29-64-42-38-41(50-47(51-42)55-30-37(52-53-55)48(2,3)59)54(32-49-38)43-40(63-46(58)35-27-20-15-21-28-35)39(62-45(57)34-25-18-14-19-26-34)36(61-43)31-60-44(56)33-23-16-13-17-24-33/h13-21,23-28,30,32,36,39-40,43,59H,4-12,22,29,31H2,1-3H3/t36-,39-,40+,43-/m1/s1. The van der Waals surface area contributed by atoms with E-state index in [-0.39, 0.29) is 23.7 Å². The normalized spacial score (nSPS) is 17.4. The van der Waals surface area contributed by atoms with Crippen LogP contribution in [0, 0.1) is 0 Å². The molecule has 0 bridgehead atoms. The smallest absolute Gasteiger partial charge is 0.338 e. The van der Waals surface area contributed by atoms with Crippen molar-refractivity contribution >= 4 is 40.8 Å². The van der Waals surface area contributed by atoms with Crippen molar-refractivity contribution in [2.45, 2.75) is 120 Å². The van der Waals surface area contributed by atoms with E-state index in [1.54, 1.807) is 116 Å². The lowest BCUT2D eigenvalue weighted by molar-refractivity contribution is -0.0606.